The number of carbonyl (C=O) groups excluding carboxylic acids is 2. The first-order valence-electron chi connectivity index (χ1n) is 10.7. The molecule has 0 aliphatic carbocycles. The van der Waals surface area contributed by atoms with Gasteiger partial charge in [0.1, 0.15) is 5.75 Å². The van der Waals surface area contributed by atoms with E-state index in [1.165, 1.54) is 0 Å². The molecule has 2 aliphatic heterocycles. The second-order valence-corrected chi connectivity index (χ2v) is 8.23. The van der Waals surface area contributed by atoms with Crippen molar-refractivity contribution in [3.05, 3.63) is 66.7 Å². The minimum Gasteiger partial charge on any atom is -0.508 e. The SMILES string of the molecule is O=C(C1CC(=O)N(c2cccc3ccccc23)C1)N1CCN(c2ccc(O)cc2)CC1. The van der Waals surface area contributed by atoms with Gasteiger partial charge in [-0.1, -0.05) is 36.4 Å². The van der Waals surface area contributed by atoms with Gasteiger partial charge in [-0.15, -0.1) is 0 Å². The number of fused-ring (bicyclic) bond motifs is 1. The zero-order chi connectivity index (χ0) is 21.4. The summed E-state index contributed by atoms with van der Waals surface area (Å²) in [6.45, 7) is 3.19. The number of aromatic hydroxyl groups is 1. The molecule has 158 valence electrons. The van der Waals surface area contributed by atoms with Crippen LogP contribution in [-0.4, -0.2) is 54.5 Å². The Bertz CT molecular complexity index is 1120. The maximum atomic E-state index is 13.2. The van der Waals surface area contributed by atoms with Crippen molar-refractivity contribution in [1.82, 2.24) is 4.90 Å². The maximum Gasteiger partial charge on any atom is 0.228 e. The Morgan fingerprint density at radius 1 is 0.871 bits per heavy atom. The van der Waals surface area contributed by atoms with E-state index in [2.05, 4.69) is 4.90 Å². The van der Waals surface area contributed by atoms with Crippen LogP contribution in [-0.2, 0) is 9.59 Å². The van der Waals surface area contributed by atoms with Gasteiger partial charge in [0.25, 0.3) is 0 Å². The summed E-state index contributed by atoms with van der Waals surface area (Å²) >= 11 is 0. The minimum absolute atomic E-state index is 0.0115. The highest BCUT2D eigenvalue weighted by Crippen LogP contribution is 2.32. The van der Waals surface area contributed by atoms with E-state index in [4.69, 9.17) is 0 Å². The molecular formula is C25H25N3O3. The van der Waals surface area contributed by atoms with Crippen LogP contribution in [0.1, 0.15) is 6.42 Å². The van der Waals surface area contributed by atoms with Crippen LogP contribution in [0.3, 0.4) is 0 Å². The summed E-state index contributed by atoms with van der Waals surface area (Å²) in [4.78, 5) is 31.9. The number of rotatable bonds is 3. The van der Waals surface area contributed by atoms with Gasteiger partial charge in [0.2, 0.25) is 11.8 Å². The zero-order valence-corrected chi connectivity index (χ0v) is 17.3. The van der Waals surface area contributed by atoms with Crippen LogP contribution in [0.25, 0.3) is 10.8 Å². The van der Waals surface area contributed by atoms with Gasteiger partial charge in [0.05, 0.1) is 11.6 Å². The Morgan fingerprint density at radius 3 is 2.35 bits per heavy atom. The van der Waals surface area contributed by atoms with Gasteiger partial charge in [-0.2, -0.15) is 0 Å². The second-order valence-electron chi connectivity index (χ2n) is 8.23. The first kappa shape index (κ1) is 19.4. The lowest BCUT2D eigenvalue weighted by Crippen LogP contribution is -2.50. The van der Waals surface area contributed by atoms with Gasteiger partial charge in [-0.25, -0.2) is 0 Å². The Morgan fingerprint density at radius 2 is 1.58 bits per heavy atom. The van der Waals surface area contributed by atoms with E-state index in [0.29, 0.717) is 19.6 Å². The largest absolute Gasteiger partial charge is 0.508 e. The third kappa shape index (κ3) is 3.69. The summed E-state index contributed by atoms with van der Waals surface area (Å²) in [6.07, 6.45) is 0.264. The van der Waals surface area contributed by atoms with E-state index in [0.717, 1.165) is 35.2 Å². The van der Waals surface area contributed by atoms with Crippen LogP contribution in [0.5, 0.6) is 5.75 Å². The molecule has 2 aliphatic rings. The normalized spacial score (nSPS) is 19.3. The molecule has 1 atom stereocenters. The van der Waals surface area contributed by atoms with Crippen LogP contribution in [0, 0.1) is 5.92 Å². The fraction of sp³-hybridized carbons (Fsp3) is 0.280. The molecule has 0 bridgehead atoms. The lowest BCUT2D eigenvalue weighted by molar-refractivity contribution is -0.136. The van der Waals surface area contributed by atoms with Crippen molar-refractivity contribution in [1.29, 1.82) is 0 Å². The topological polar surface area (TPSA) is 64.1 Å². The van der Waals surface area contributed by atoms with Gasteiger partial charge in [0.15, 0.2) is 0 Å². The molecule has 3 aromatic rings. The van der Waals surface area contributed by atoms with Gasteiger partial charge in [0, 0.05) is 50.2 Å². The Hall–Kier alpha value is -3.54. The maximum absolute atomic E-state index is 13.2. The summed E-state index contributed by atoms with van der Waals surface area (Å²) in [5, 5.41) is 11.6. The number of piperazine rings is 1. The predicted octanol–water partition coefficient (Wildman–Crippen LogP) is 3.25. The summed E-state index contributed by atoms with van der Waals surface area (Å²) in [6, 6.07) is 21.1. The average molecular weight is 415 g/mol. The third-order valence-corrected chi connectivity index (χ3v) is 6.34. The van der Waals surface area contributed by atoms with Crippen molar-refractivity contribution in [2.75, 3.05) is 42.5 Å². The van der Waals surface area contributed by atoms with Crippen LogP contribution in [0.15, 0.2) is 66.7 Å². The fourth-order valence-corrected chi connectivity index (χ4v) is 4.66. The quantitative estimate of drug-likeness (QED) is 0.713. The van der Waals surface area contributed by atoms with Gasteiger partial charge >= 0.3 is 0 Å². The molecule has 2 amide bonds. The molecule has 2 heterocycles. The summed E-state index contributed by atoms with van der Waals surface area (Å²) in [7, 11) is 0. The number of hydrogen-bond acceptors (Lipinski definition) is 4. The Labute approximate surface area is 181 Å². The van der Waals surface area contributed by atoms with Gasteiger partial charge < -0.3 is 19.8 Å². The number of anilines is 2. The second kappa shape index (κ2) is 7.95. The van der Waals surface area contributed by atoms with Crippen molar-refractivity contribution in [2.24, 2.45) is 5.92 Å². The number of phenols is 1. The lowest BCUT2D eigenvalue weighted by atomic mass is 10.1. The first-order valence-corrected chi connectivity index (χ1v) is 10.7. The number of hydrogen-bond donors (Lipinski definition) is 1. The smallest absolute Gasteiger partial charge is 0.228 e. The van der Waals surface area contributed by atoms with Crippen molar-refractivity contribution in [3.8, 4) is 5.75 Å². The van der Waals surface area contributed by atoms with E-state index in [1.54, 1.807) is 17.0 Å². The number of nitrogens with zero attached hydrogens (tertiary/aromatic N) is 3. The monoisotopic (exact) mass is 415 g/mol. The number of benzene rings is 3. The Balaban J connectivity index is 1.26. The molecule has 5 rings (SSSR count). The van der Waals surface area contributed by atoms with E-state index in [1.807, 2.05) is 59.5 Å². The molecule has 2 saturated heterocycles. The molecule has 1 N–H and O–H groups in total. The summed E-state index contributed by atoms with van der Waals surface area (Å²) in [5.74, 6) is 0.0322. The van der Waals surface area contributed by atoms with Gasteiger partial charge in [-0.3, -0.25) is 9.59 Å². The molecule has 31 heavy (non-hydrogen) atoms. The highest BCUT2D eigenvalue weighted by atomic mass is 16.3. The van der Waals surface area contributed by atoms with Crippen LogP contribution < -0.4 is 9.80 Å². The number of amides is 2. The van der Waals surface area contributed by atoms with Gasteiger partial charge in [-0.05, 0) is 35.7 Å². The van der Waals surface area contributed by atoms with E-state index in [-0.39, 0.29) is 29.9 Å². The Kier molecular flexibility index (Phi) is 4.98. The van der Waals surface area contributed by atoms with Crippen molar-refractivity contribution in [3.63, 3.8) is 0 Å². The standard InChI is InChI=1S/C25H25N3O3/c29-21-10-8-20(9-11-21)26-12-14-27(15-13-26)25(31)19-16-24(30)28(17-19)23-7-3-5-18-4-1-2-6-22(18)23/h1-11,19,29H,12-17H2. The van der Waals surface area contributed by atoms with Crippen molar-refractivity contribution < 1.29 is 14.7 Å². The molecule has 3 aromatic carbocycles. The van der Waals surface area contributed by atoms with Crippen LogP contribution >= 0.6 is 0 Å². The zero-order valence-electron chi connectivity index (χ0n) is 17.3. The third-order valence-electron chi connectivity index (χ3n) is 6.34. The van der Waals surface area contributed by atoms with Crippen molar-refractivity contribution >= 4 is 34.0 Å². The van der Waals surface area contributed by atoms with E-state index in [9.17, 15) is 14.7 Å². The number of carbonyl (C=O) groups is 2. The first-order chi connectivity index (χ1) is 15.1. The van der Waals surface area contributed by atoms with E-state index < -0.39 is 0 Å². The molecule has 0 spiro atoms. The molecule has 6 heteroatoms. The number of phenolic OH excluding ortho intramolecular Hbond substituents is 1. The van der Waals surface area contributed by atoms with Crippen LogP contribution in [0.4, 0.5) is 11.4 Å². The molecule has 0 radical (unpaired) electrons. The molecule has 0 saturated carbocycles. The fourth-order valence-electron chi connectivity index (χ4n) is 4.66. The molecule has 1 unspecified atom stereocenters. The average Bonchev–Trinajstić information content (AvgIpc) is 3.20. The molecule has 0 aromatic heterocycles. The minimum atomic E-state index is -0.299. The van der Waals surface area contributed by atoms with Crippen molar-refractivity contribution in [2.45, 2.75) is 6.42 Å². The molecule has 2 fully saturated rings. The highest BCUT2D eigenvalue weighted by molar-refractivity contribution is 6.07. The summed E-state index contributed by atoms with van der Waals surface area (Å²) in [5.41, 5.74) is 1.93. The van der Waals surface area contributed by atoms with E-state index >= 15 is 0 Å². The molecule has 6 nitrogen and oxygen atoms in total. The molecular weight excluding hydrogens is 390 g/mol. The summed E-state index contributed by atoms with van der Waals surface area (Å²) < 4.78 is 0. The lowest BCUT2D eigenvalue weighted by Gasteiger charge is -2.37. The highest BCUT2D eigenvalue weighted by Gasteiger charge is 2.38. The van der Waals surface area contributed by atoms with Crippen LogP contribution in [0.2, 0.25) is 0 Å². The predicted molar refractivity (Wildman–Crippen MR) is 121 cm³/mol.